The molecule has 0 bridgehead atoms. The van der Waals surface area contributed by atoms with Crippen LogP contribution in [0.15, 0.2) is 18.3 Å². The minimum Gasteiger partial charge on any atom is -0.315 e. The van der Waals surface area contributed by atoms with Gasteiger partial charge in [0.25, 0.3) is 0 Å². The van der Waals surface area contributed by atoms with E-state index in [4.69, 9.17) is 0 Å². The van der Waals surface area contributed by atoms with Gasteiger partial charge < -0.3 is 9.72 Å². The van der Waals surface area contributed by atoms with E-state index in [-0.39, 0.29) is 0 Å². The third-order valence-electron chi connectivity index (χ3n) is 4.05. The van der Waals surface area contributed by atoms with E-state index in [9.17, 15) is 13.2 Å². The Labute approximate surface area is 126 Å². The normalized spacial score (nSPS) is 17.8. The van der Waals surface area contributed by atoms with Crippen LogP contribution in [0.25, 0.3) is 5.65 Å². The van der Waals surface area contributed by atoms with Crippen LogP contribution in [0, 0.1) is 6.92 Å². The Balaban J connectivity index is 1.95. The van der Waals surface area contributed by atoms with Gasteiger partial charge >= 0.3 is 6.18 Å². The highest BCUT2D eigenvalue weighted by Crippen LogP contribution is 2.30. The molecule has 1 aliphatic rings. The molecule has 2 aromatic rings. The van der Waals surface area contributed by atoms with Crippen LogP contribution in [0.2, 0.25) is 0 Å². The quantitative estimate of drug-likeness (QED) is 0.924. The van der Waals surface area contributed by atoms with Gasteiger partial charge in [-0.15, -0.1) is 0 Å². The highest BCUT2D eigenvalue weighted by molar-refractivity contribution is 5.45. The number of rotatable bonds is 2. The van der Waals surface area contributed by atoms with Gasteiger partial charge in [-0.2, -0.15) is 13.2 Å². The van der Waals surface area contributed by atoms with Crippen LogP contribution in [0.4, 0.5) is 13.2 Å². The number of hydrogen-bond donors (Lipinski definition) is 1. The Morgan fingerprint density at radius 3 is 2.82 bits per heavy atom. The second kappa shape index (κ2) is 5.89. The van der Waals surface area contributed by atoms with Crippen molar-refractivity contribution in [2.24, 2.45) is 0 Å². The van der Waals surface area contributed by atoms with Gasteiger partial charge in [-0.1, -0.05) is 0 Å². The summed E-state index contributed by atoms with van der Waals surface area (Å²) in [5.41, 5.74) is 1.55. The lowest BCUT2D eigenvalue weighted by Gasteiger charge is -2.19. The second-order valence-electron chi connectivity index (χ2n) is 5.67. The van der Waals surface area contributed by atoms with Crippen molar-refractivity contribution < 1.29 is 13.2 Å². The van der Waals surface area contributed by atoms with Crippen molar-refractivity contribution in [3.05, 3.63) is 35.3 Å². The monoisotopic (exact) mass is 312 g/mol. The topological polar surface area (TPSA) is 32.6 Å². The Morgan fingerprint density at radius 2 is 2.05 bits per heavy atom. The number of imidazole rings is 1. The van der Waals surface area contributed by atoms with Gasteiger partial charge in [-0.3, -0.25) is 4.90 Å². The number of alkyl halides is 3. The molecule has 1 fully saturated rings. The molecule has 4 nitrogen and oxygen atoms in total. The Morgan fingerprint density at radius 1 is 1.23 bits per heavy atom. The molecule has 0 aliphatic carbocycles. The van der Waals surface area contributed by atoms with Gasteiger partial charge in [0.05, 0.1) is 17.0 Å². The number of nitrogens with zero attached hydrogens (tertiary/aromatic N) is 3. The number of halogens is 3. The SMILES string of the molecule is Cc1nc2ccc(C(F)(F)F)cn2c1CN1CCCNCC1. The zero-order valence-electron chi connectivity index (χ0n) is 12.5. The molecule has 22 heavy (non-hydrogen) atoms. The molecule has 3 rings (SSSR count). The van der Waals surface area contributed by atoms with E-state index in [0.29, 0.717) is 12.2 Å². The number of aromatic nitrogens is 2. The minimum absolute atomic E-state index is 0.563. The molecule has 0 aromatic carbocycles. The average molecular weight is 312 g/mol. The maximum absolute atomic E-state index is 12.9. The van der Waals surface area contributed by atoms with Crippen LogP contribution in [0.3, 0.4) is 0 Å². The molecule has 1 saturated heterocycles. The van der Waals surface area contributed by atoms with Crippen LogP contribution in [-0.2, 0) is 12.7 Å². The molecule has 3 heterocycles. The first-order valence-electron chi connectivity index (χ1n) is 7.43. The van der Waals surface area contributed by atoms with Gasteiger partial charge in [0.2, 0.25) is 0 Å². The maximum Gasteiger partial charge on any atom is 0.417 e. The number of fused-ring (bicyclic) bond motifs is 1. The summed E-state index contributed by atoms with van der Waals surface area (Å²) in [5, 5.41) is 3.32. The zero-order chi connectivity index (χ0) is 15.7. The fourth-order valence-electron chi connectivity index (χ4n) is 2.84. The van der Waals surface area contributed by atoms with Crippen molar-refractivity contribution in [1.82, 2.24) is 19.6 Å². The second-order valence-corrected chi connectivity index (χ2v) is 5.67. The molecular formula is C15H19F3N4. The number of pyridine rings is 1. The standard InChI is InChI=1S/C15H19F3N4/c1-11-13(10-21-7-2-5-19-6-8-21)22-9-12(15(16,17)18)3-4-14(22)20-11/h3-4,9,19H,2,5-8,10H2,1H3. The Bertz CT molecular complexity index is 655. The van der Waals surface area contributed by atoms with Crippen LogP contribution in [-0.4, -0.2) is 40.5 Å². The first-order valence-corrected chi connectivity index (χ1v) is 7.43. The lowest BCUT2D eigenvalue weighted by atomic mass is 10.2. The summed E-state index contributed by atoms with van der Waals surface area (Å²) in [4.78, 5) is 6.64. The molecule has 0 spiro atoms. The van der Waals surface area contributed by atoms with E-state index >= 15 is 0 Å². The molecule has 1 N–H and O–H groups in total. The molecule has 120 valence electrons. The van der Waals surface area contributed by atoms with E-state index in [1.807, 2.05) is 6.92 Å². The van der Waals surface area contributed by atoms with E-state index in [2.05, 4.69) is 15.2 Å². The molecule has 0 radical (unpaired) electrons. The minimum atomic E-state index is -4.34. The van der Waals surface area contributed by atoms with E-state index < -0.39 is 11.7 Å². The summed E-state index contributed by atoms with van der Waals surface area (Å²) in [6.07, 6.45) is -2.14. The number of aryl methyl sites for hydroxylation is 1. The van der Waals surface area contributed by atoms with E-state index in [1.165, 1.54) is 6.07 Å². The van der Waals surface area contributed by atoms with E-state index in [1.54, 1.807) is 4.40 Å². The van der Waals surface area contributed by atoms with Crippen molar-refractivity contribution in [1.29, 1.82) is 0 Å². The molecule has 0 amide bonds. The van der Waals surface area contributed by atoms with Gasteiger partial charge in [0, 0.05) is 25.8 Å². The molecule has 0 atom stereocenters. The third-order valence-corrected chi connectivity index (χ3v) is 4.05. The smallest absolute Gasteiger partial charge is 0.315 e. The van der Waals surface area contributed by atoms with Gasteiger partial charge in [0.1, 0.15) is 5.65 Å². The van der Waals surface area contributed by atoms with Crippen LogP contribution >= 0.6 is 0 Å². The summed E-state index contributed by atoms with van der Waals surface area (Å²) >= 11 is 0. The summed E-state index contributed by atoms with van der Waals surface area (Å²) in [6, 6.07) is 2.52. The molecule has 1 aliphatic heterocycles. The van der Waals surface area contributed by atoms with Crippen LogP contribution < -0.4 is 5.32 Å². The van der Waals surface area contributed by atoms with Crippen molar-refractivity contribution >= 4 is 5.65 Å². The predicted molar refractivity (Wildman–Crippen MR) is 77.7 cm³/mol. The average Bonchev–Trinajstić information content (AvgIpc) is 2.64. The largest absolute Gasteiger partial charge is 0.417 e. The first kappa shape index (κ1) is 15.3. The predicted octanol–water partition coefficient (Wildman–Crippen LogP) is 2.46. The molecular weight excluding hydrogens is 293 g/mol. The summed E-state index contributed by atoms with van der Waals surface area (Å²) < 4.78 is 40.3. The molecule has 7 heteroatoms. The fourth-order valence-corrected chi connectivity index (χ4v) is 2.84. The number of nitrogens with one attached hydrogen (secondary N) is 1. The van der Waals surface area contributed by atoms with Crippen LogP contribution in [0.5, 0.6) is 0 Å². The Kier molecular flexibility index (Phi) is 4.10. The Hall–Kier alpha value is -1.60. The third kappa shape index (κ3) is 3.10. The summed E-state index contributed by atoms with van der Waals surface area (Å²) in [6.45, 7) is 6.20. The van der Waals surface area contributed by atoms with Gasteiger partial charge in [-0.25, -0.2) is 4.98 Å². The van der Waals surface area contributed by atoms with Gasteiger partial charge in [0.15, 0.2) is 0 Å². The van der Waals surface area contributed by atoms with Crippen molar-refractivity contribution in [3.8, 4) is 0 Å². The highest BCUT2D eigenvalue weighted by Gasteiger charge is 2.31. The lowest BCUT2D eigenvalue weighted by molar-refractivity contribution is -0.137. The summed E-state index contributed by atoms with van der Waals surface area (Å²) in [5.74, 6) is 0. The molecule has 0 saturated carbocycles. The fraction of sp³-hybridized carbons (Fsp3) is 0.533. The zero-order valence-corrected chi connectivity index (χ0v) is 12.5. The first-order chi connectivity index (χ1) is 10.4. The summed E-state index contributed by atoms with van der Waals surface area (Å²) in [7, 11) is 0. The van der Waals surface area contributed by atoms with Crippen molar-refractivity contribution in [2.75, 3.05) is 26.2 Å². The highest BCUT2D eigenvalue weighted by atomic mass is 19.4. The molecule has 0 unspecified atom stereocenters. The molecule has 2 aromatic heterocycles. The van der Waals surface area contributed by atoms with Gasteiger partial charge in [-0.05, 0) is 38.6 Å². The van der Waals surface area contributed by atoms with Crippen molar-refractivity contribution in [2.45, 2.75) is 26.1 Å². The van der Waals surface area contributed by atoms with Crippen LogP contribution in [0.1, 0.15) is 23.4 Å². The van der Waals surface area contributed by atoms with Crippen molar-refractivity contribution in [3.63, 3.8) is 0 Å². The maximum atomic E-state index is 12.9. The van der Waals surface area contributed by atoms with E-state index in [0.717, 1.165) is 56.3 Å². The lowest BCUT2D eigenvalue weighted by Crippen LogP contribution is -2.28. The number of hydrogen-bond acceptors (Lipinski definition) is 3.